The van der Waals surface area contributed by atoms with Crippen molar-refractivity contribution in [2.75, 3.05) is 20.3 Å². The van der Waals surface area contributed by atoms with Gasteiger partial charge in [-0.05, 0) is 66.9 Å². The maximum atomic E-state index is 14.1. The smallest absolute Gasteiger partial charge is 0.291 e. The third kappa shape index (κ3) is 5.06. The molecule has 0 aliphatic carbocycles. The van der Waals surface area contributed by atoms with E-state index in [-0.39, 0.29) is 28.8 Å². The standard InChI is InChI=1S/C31H30FNO6/c1-4-6-15-38-25-13-9-20(16-26(25)37-5-2)28-27-29(34)23-17-21(32)10-14-24(23)39-30(27)31(35)33(28)18-19-7-11-22(36-3)12-8-19/h7-14,16-17,28H,4-6,15,18H2,1-3H3. The van der Waals surface area contributed by atoms with E-state index < -0.39 is 23.2 Å². The first-order valence-electron chi connectivity index (χ1n) is 13.0. The van der Waals surface area contributed by atoms with Gasteiger partial charge >= 0.3 is 0 Å². The summed E-state index contributed by atoms with van der Waals surface area (Å²) in [4.78, 5) is 29.1. The van der Waals surface area contributed by atoms with Gasteiger partial charge in [0.15, 0.2) is 16.9 Å². The minimum absolute atomic E-state index is 0.0427. The zero-order valence-corrected chi connectivity index (χ0v) is 22.2. The van der Waals surface area contributed by atoms with E-state index in [0.717, 1.165) is 24.5 Å². The first kappa shape index (κ1) is 26.3. The van der Waals surface area contributed by atoms with Crippen LogP contribution in [0.5, 0.6) is 17.2 Å². The second kappa shape index (κ2) is 11.2. The van der Waals surface area contributed by atoms with Gasteiger partial charge in [0.25, 0.3) is 5.91 Å². The highest BCUT2D eigenvalue weighted by atomic mass is 19.1. The molecule has 0 bridgehead atoms. The molecule has 0 spiro atoms. The molecule has 8 heteroatoms. The fraction of sp³-hybridized carbons (Fsp3) is 0.290. The first-order chi connectivity index (χ1) is 18.9. The van der Waals surface area contributed by atoms with E-state index in [9.17, 15) is 14.0 Å². The van der Waals surface area contributed by atoms with Crippen LogP contribution in [0.15, 0.2) is 69.9 Å². The van der Waals surface area contributed by atoms with Crippen LogP contribution < -0.4 is 19.6 Å². The summed E-state index contributed by atoms with van der Waals surface area (Å²) in [7, 11) is 1.59. The number of ether oxygens (including phenoxy) is 3. The molecule has 0 saturated carbocycles. The number of amides is 1. The Morgan fingerprint density at radius 3 is 2.46 bits per heavy atom. The molecule has 1 unspecified atom stereocenters. The fourth-order valence-electron chi connectivity index (χ4n) is 4.84. The third-order valence-electron chi connectivity index (χ3n) is 6.78. The molecule has 1 atom stereocenters. The second-order valence-corrected chi connectivity index (χ2v) is 9.34. The summed E-state index contributed by atoms with van der Waals surface area (Å²) < 4.78 is 37.1. The van der Waals surface area contributed by atoms with Gasteiger partial charge in [-0.2, -0.15) is 0 Å². The van der Waals surface area contributed by atoms with Gasteiger partial charge in [0, 0.05) is 6.54 Å². The van der Waals surface area contributed by atoms with Gasteiger partial charge in [0.2, 0.25) is 5.76 Å². The summed E-state index contributed by atoms with van der Waals surface area (Å²) in [6.45, 7) is 5.13. The van der Waals surface area contributed by atoms with Gasteiger partial charge in [-0.25, -0.2) is 4.39 Å². The molecule has 1 amide bonds. The highest BCUT2D eigenvalue weighted by Crippen LogP contribution is 2.42. The predicted molar refractivity (Wildman–Crippen MR) is 145 cm³/mol. The number of carbonyl (C=O) groups is 1. The van der Waals surface area contributed by atoms with E-state index in [4.69, 9.17) is 18.6 Å². The van der Waals surface area contributed by atoms with Crippen molar-refractivity contribution in [3.8, 4) is 17.2 Å². The number of carbonyl (C=O) groups excluding carboxylic acids is 1. The second-order valence-electron chi connectivity index (χ2n) is 9.34. The van der Waals surface area contributed by atoms with Crippen LogP contribution in [0.25, 0.3) is 11.0 Å². The highest BCUT2D eigenvalue weighted by Gasteiger charge is 2.43. The molecule has 4 aromatic rings. The maximum Gasteiger partial charge on any atom is 0.291 e. The van der Waals surface area contributed by atoms with E-state index in [1.54, 1.807) is 24.1 Å². The summed E-state index contributed by atoms with van der Waals surface area (Å²) in [5.74, 6) is 0.782. The number of methoxy groups -OCH3 is 1. The maximum absolute atomic E-state index is 14.1. The summed E-state index contributed by atoms with van der Waals surface area (Å²) in [6.07, 6.45) is 1.89. The molecule has 2 heterocycles. The molecule has 1 aliphatic heterocycles. The minimum Gasteiger partial charge on any atom is -0.497 e. The van der Waals surface area contributed by atoms with Gasteiger partial charge in [0.05, 0.1) is 37.3 Å². The zero-order chi connectivity index (χ0) is 27.5. The van der Waals surface area contributed by atoms with Crippen molar-refractivity contribution >= 4 is 16.9 Å². The number of hydrogen-bond acceptors (Lipinski definition) is 6. The van der Waals surface area contributed by atoms with Crippen LogP contribution in [-0.2, 0) is 6.54 Å². The molecule has 202 valence electrons. The lowest BCUT2D eigenvalue weighted by Gasteiger charge is -2.26. The summed E-state index contributed by atoms with van der Waals surface area (Å²) in [5.41, 5.74) is 1.39. The van der Waals surface area contributed by atoms with Crippen LogP contribution in [-0.4, -0.2) is 31.1 Å². The lowest BCUT2D eigenvalue weighted by molar-refractivity contribution is 0.0714. The molecule has 1 aromatic heterocycles. The molecule has 1 aliphatic rings. The number of benzene rings is 3. The van der Waals surface area contributed by atoms with Crippen LogP contribution >= 0.6 is 0 Å². The Bertz CT molecular complexity index is 1560. The predicted octanol–water partition coefficient (Wildman–Crippen LogP) is 6.26. The molecule has 0 N–H and O–H groups in total. The number of hydrogen-bond donors (Lipinski definition) is 0. The molecule has 39 heavy (non-hydrogen) atoms. The summed E-state index contributed by atoms with van der Waals surface area (Å²) in [5, 5.41) is 0.0856. The summed E-state index contributed by atoms with van der Waals surface area (Å²) >= 11 is 0. The van der Waals surface area contributed by atoms with Gasteiger partial charge in [0.1, 0.15) is 17.1 Å². The van der Waals surface area contributed by atoms with E-state index in [2.05, 4.69) is 6.92 Å². The quantitative estimate of drug-likeness (QED) is 0.225. The average Bonchev–Trinajstić information content (AvgIpc) is 3.22. The average molecular weight is 532 g/mol. The number of halogens is 1. The Balaban J connectivity index is 1.65. The number of unbranched alkanes of at least 4 members (excludes halogenated alkanes) is 1. The topological polar surface area (TPSA) is 78.2 Å². The number of fused-ring (bicyclic) bond motifs is 2. The van der Waals surface area contributed by atoms with Crippen LogP contribution in [0.3, 0.4) is 0 Å². The molecule has 3 aromatic carbocycles. The Morgan fingerprint density at radius 1 is 0.949 bits per heavy atom. The van der Waals surface area contributed by atoms with Crippen LogP contribution in [0.1, 0.15) is 60.0 Å². The molecule has 0 saturated heterocycles. The van der Waals surface area contributed by atoms with Crippen molar-refractivity contribution < 1.29 is 27.8 Å². The minimum atomic E-state index is -0.776. The normalized spacial score (nSPS) is 14.5. The molecule has 5 rings (SSSR count). The monoisotopic (exact) mass is 531 g/mol. The fourth-order valence-corrected chi connectivity index (χ4v) is 4.84. The Morgan fingerprint density at radius 2 is 1.74 bits per heavy atom. The molecular weight excluding hydrogens is 501 g/mol. The lowest BCUT2D eigenvalue weighted by atomic mass is 9.97. The van der Waals surface area contributed by atoms with Crippen LogP contribution in [0.2, 0.25) is 0 Å². The van der Waals surface area contributed by atoms with Gasteiger partial charge in [-0.3, -0.25) is 9.59 Å². The molecule has 7 nitrogen and oxygen atoms in total. The molecular formula is C31H30FNO6. The van der Waals surface area contributed by atoms with Gasteiger partial charge in [-0.1, -0.05) is 31.5 Å². The van der Waals surface area contributed by atoms with Crippen molar-refractivity contribution in [3.63, 3.8) is 0 Å². The van der Waals surface area contributed by atoms with E-state index in [1.807, 2.05) is 37.3 Å². The zero-order valence-electron chi connectivity index (χ0n) is 22.2. The SMILES string of the molecule is CCCCOc1ccc(C2c3c(oc4ccc(F)cc4c3=O)C(=O)N2Cc2ccc(OC)cc2)cc1OCC. The summed E-state index contributed by atoms with van der Waals surface area (Å²) in [6, 6.07) is 15.7. The highest BCUT2D eigenvalue weighted by molar-refractivity contribution is 5.99. The molecule has 0 fully saturated rings. The Labute approximate surface area is 225 Å². The first-order valence-corrected chi connectivity index (χ1v) is 13.0. The third-order valence-corrected chi connectivity index (χ3v) is 6.78. The van der Waals surface area contributed by atoms with Crippen LogP contribution in [0, 0.1) is 5.82 Å². The number of nitrogens with zero attached hydrogens (tertiary/aromatic N) is 1. The molecule has 0 radical (unpaired) electrons. The van der Waals surface area contributed by atoms with Crippen LogP contribution in [0.4, 0.5) is 4.39 Å². The van der Waals surface area contributed by atoms with E-state index in [1.165, 1.54) is 12.1 Å². The van der Waals surface area contributed by atoms with Crippen molar-refractivity contribution in [1.29, 1.82) is 0 Å². The van der Waals surface area contributed by atoms with E-state index in [0.29, 0.717) is 36.0 Å². The lowest BCUT2D eigenvalue weighted by Crippen LogP contribution is -2.29. The van der Waals surface area contributed by atoms with Gasteiger partial charge in [-0.15, -0.1) is 0 Å². The largest absolute Gasteiger partial charge is 0.497 e. The van der Waals surface area contributed by atoms with E-state index >= 15 is 0 Å². The Kier molecular flexibility index (Phi) is 7.54. The van der Waals surface area contributed by atoms with Crippen molar-refractivity contribution in [2.45, 2.75) is 39.3 Å². The Hall–Kier alpha value is -4.33. The van der Waals surface area contributed by atoms with Gasteiger partial charge < -0.3 is 23.5 Å². The van der Waals surface area contributed by atoms with Crippen molar-refractivity contribution in [3.05, 3.63) is 99.2 Å². The number of rotatable bonds is 10. The van der Waals surface area contributed by atoms with Crippen molar-refractivity contribution in [2.24, 2.45) is 0 Å². The van der Waals surface area contributed by atoms with Crippen molar-refractivity contribution in [1.82, 2.24) is 4.90 Å².